The third kappa shape index (κ3) is 5.18. The molecular formula is C21H26FN7O. The molecule has 0 saturated heterocycles. The van der Waals surface area contributed by atoms with E-state index in [0.29, 0.717) is 23.5 Å². The summed E-state index contributed by atoms with van der Waals surface area (Å²) in [6.45, 7) is 3.34. The number of carbonyl (C=O) groups excluding carboxylic acids is 1. The Morgan fingerprint density at radius 2 is 2.03 bits per heavy atom. The maximum Gasteiger partial charge on any atom is 0.251 e. The van der Waals surface area contributed by atoms with Crippen LogP contribution in [0.1, 0.15) is 22.6 Å². The zero-order valence-electron chi connectivity index (χ0n) is 17.6. The monoisotopic (exact) mass is 411 g/mol. The van der Waals surface area contributed by atoms with E-state index in [-0.39, 0.29) is 17.5 Å². The van der Waals surface area contributed by atoms with E-state index in [1.165, 1.54) is 0 Å². The van der Waals surface area contributed by atoms with Crippen LogP contribution < -0.4 is 10.6 Å². The van der Waals surface area contributed by atoms with Gasteiger partial charge in [0.15, 0.2) is 5.82 Å². The van der Waals surface area contributed by atoms with Gasteiger partial charge in [0.05, 0.1) is 18.1 Å². The fourth-order valence-electron chi connectivity index (χ4n) is 2.90. The van der Waals surface area contributed by atoms with Crippen LogP contribution in [0.15, 0.2) is 36.7 Å². The minimum Gasteiger partial charge on any atom is -0.352 e. The van der Waals surface area contributed by atoms with Crippen LogP contribution in [-0.4, -0.2) is 57.5 Å². The van der Waals surface area contributed by atoms with E-state index in [1.807, 2.05) is 21.0 Å². The Morgan fingerprint density at radius 1 is 1.23 bits per heavy atom. The number of benzene rings is 1. The molecule has 1 aromatic carbocycles. The summed E-state index contributed by atoms with van der Waals surface area (Å²) in [5, 5.41) is 5.95. The molecule has 0 aliphatic rings. The lowest BCUT2D eigenvalue weighted by molar-refractivity contribution is 0.0952. The van der Waals surface area contributed by atoms with Gasteiger partial charge in [0.25, 0.3) is 5.91 Å². The summed E-state index contributed by atoms with van der Waals surface area (Å²) >= 11 is 0. The Kier molecular flexibility index (Phi) is 6.73. The van der Waals surface area contributed by atoms with Gasteiger partial charge in [0, 0.05) is 24.8 Å². The van der Waals surface area contributed by atoms with Crippen LogP contribution >= 0.6 is 0 Å². The zero-order chi connectivity index (χ0) is 21.7. The Labute approximate surface area is 175 Å². The van der Waals surface area contributed by atoms with Crippen molar-refractivity contribution in [2.75, 3.05) is 32.5 Å². The number of hydrogen-bond donors (Lipinski definition) is 2. The molecule has 0 atom stereocenters. The van der Waals surface area contributed by atoms with E-state index in [2.05, 4.69) is 30.5 Å². The van der Waals surface area contributed by atoms with Crippen LogP contribution in [0, 0.1) is 12.7 Å². The van der Waals surface area contributed by atoms with Crippen LogP contribution in [0.3, 0.4) is 0 Å². The highest BCUT2D eigenvalue weighted by molar-refractivity contribution is 5.95. The summed E-state index contributed by atoms with van der Waals surface area (Å²) in [5.41, 5.74) is 1.87. The number of carbonyl (C=O) groups is 1. The third-order valence-corrected chi connectivity index (χ3v) is 4.66. The topological polar surface area (TPSA) is 88.0 Å². The number of aryl methyl sites for hydroxylation is 1. The van der Waals surface area contributed by atoms with Crippen molar-refractivity contribution < 1.29 is 9.18 Å². The fourth-order valence-corrected chi connectivity index (χ4v) is 2.90. The Balaban J connectivity index is 1.73. The fraction of sp³-hybridized carbons (Fsp3) is 0.333. The molecule has 1 amide bonds. The first-order valence-electron chi connectivity index (χ1n) is 9.66. The van der Waals surface area contributed by atoms with E-state index >= 15 is 0 Å². The molecule has 9 heteroatoms. The molecule has 0 bridgehead atoms. The van der Waals surface area contributed by atoms with Crippen LogP contribution in [0.4, 0.5) is 16.0 Å². The van der Waals surface area contributed by atoms with Gasteiger partial charge >= 0.3 is 0 Å². The molecule has 30 heavy (non-hydrogen) atoms. The number of aromatic nitrogens is 4. The molecule has 0 saturated carbocycles. The van der Waals surface area contributed by atoms with E-state index in [4.69, 9.17) is 0 Å². The first kappa shape index (κ1) is 21.4. The van der Waals surface area contributed by atoms with Crippen molar-refractivity contribution in [3.05, 3.63) is 53.9 Å². The van der Waals surface area contributed by atoms with Crippen molar-refractivity contribution in [2.45, 2.75) is 13.3 Å². The minimum absolute atomic E-state index is 0.150. The van der Waals surface area contributed by atoms with E-state index in [0.717, 1.165) is 25.0 Å². The maximum atomic E-state index is 14.3. The van der Waals surface area contributed by atoms with Gasteiger partial charge in [0.2, 0.25) is 5.95 Å². The molecule has 0 unspecified atom stereocenters. The molecule has 2 aromatic heterocycles. The highest BCUT2D eigenvalue weighted by Gasteiger charge is 2.15. The zero-order valence-corrected chi connectivity index (χ0v) is 17.6. The summed E-state index contributed by atoms with van der Waals surface area (Å²) in [6.07, 6.45) is 3.57. The lowest BCUT2D eigenvalue weighted by Crippen LogP contribution is -2.27. The second kappa shape index (κ2) is 9.45. The SMILES string of the molecule is Cc1ncc(-c2nc(Nc3cccc(C(=O)NCCCN(C)C)c3)ncc2F)n1C. The molecule has 0 spiro atoms. The van der Waals surface area contributed by atoms with Crippen molar-refractivity contribution in [1.82, 2.24) is 29.7 Å². The van der Waals surface area contributed by atoms with Gasteiger partial charge in [-0.1, -0.05) is 6.07 Å². The predicted octanol–water partition coefficient (Wildman–Crippen LogP) is 2.75. The Bertz CT molecular complexity index is 1030. The number of halogens is 1. The van der Waals surface area contributed by atoms with Crippen molar-refractivity contribution in [3.8, 4) is 11.4 Å². The van der Waals surface area contributed by atoms with Gasteiger partial charge in [-0.3, -0.25) is 4.79 Å². The molecule has 2 heterocycles. The number of anilines is 2. The lowest BCUT2D eigenvalue weighted by atomic mass is 10.2. The molecule has 0 radical (unpaired) electrons. The van der Waals surface area contributed by atoms with Gasteiger partial charge < -0.3 is 20.1 Å². The average Bonchev–Trinajstić information content (AvgIpc) is 3.05. The standard InChI is InChI=1S/C21H26FN7O/c1-14-24-13-18(29(14)4)19-17(22)12-25-21(27-19)26-16-8-5-7-15(11-16)20(30)23-9-6-10-28(2)3/h5,7-8,11-13H,6,9-10H2,1-4H3,(H,23,30)(H,25,26,27). The van der Waals surface area contributed by atoms with Gasteiger partial charge in [-0.25, -0.2) is 19.3 Å². The second-order valence-corrected chi connectivity index (χ2v) is 7.26. The van der Waals surface area contributed by atoms with Crippen molar-refractivity contribution >= 4 is 17.5 Å². The van der Waals surface area contributed by atoms with Gasteiger partial charge in [0.1, 0.15) is 11.5 Å². The van der Waals surface area contributed by atoms with Crippen molar-refractivity contribution in [2.24, 2.45) is 7.05 Å². The molecule has 8 nitrogen and oxygen atoms in total. The highest BCUT2D eigenvalue weighted by Crippen LogP contribution is 2.23. The first-order valence-corrected chi connectivity index (χ1v) is 9.66. The highest BCUT2D eigenvalue weighted by atomic mass is 19.1. The van der Waals surface area contributed by atoms with Gasteiger partial charge in [-0.05, 0) is 52.2 Å². The number of nitrogens with zero attached hydrogens (tertiary/aromatic N) is 5. The molecule has 3 aromatic rings. The molecule has 158 valence electrons. The smallest absolute Gasteiger partial charge is 0.251 e. The second-order valence-electron chi connectivity index (χ2n) is 7.26. The third-order valence-electron chi connectivity index (χ3n) is 4.66. The first-order chi connectivity index (χ1) is 14.3. The number of hydrogen-bond acceptors (Lipinski definition) is 6. The van der Waals surface area contributed by atoms with E-state index in [9.17, 15) is 9.18 Å². The van der Waals surface area contributed by atoms with E-state index in [1.54, 1.807) is 42.1 Å². The lowest BCUT2D eigenvalue weighted by Gasteiger charge is -2.11. The molecule has 0 aliphatic heterocycles. The van der Waals surface area contributed by atoms with Crippen LogP contribution in [0.2, 0.25) is 0 Å². The van der Waals surface area contributed by atoms with E-state index < -0.39 is 5.82 Å². The quantitative estimate of drug-likeness (QED) is 0.554. The molecule has 0 aliphatic carbocycles. The maximum absolute atomic E-state index is 14.3. The number of rotatable bonds is 8. The van der Waals surface area contributed by atoms with Crippen LogP contribution in [0.25, 0.3) is 11.4 Å². The number of nitrogens with one attached hydrogen (secondary N) is 2. The normalized spacial score (nSPS) is 11.0. The Morgan fingerprint density at radius 3 is 2.73 bits per heavy atom. The van der Waals surface area contributed by atoms with Gasteiger partial charge in [-0.15, -0.1) is 0 Å². The summed E-state index contributed by atoms with van der Waals surface area (Å²) in [4.78, 5) is 26.9. The minimum atomic E-state index is -0.533. The summed E-state index contributed by atoms with van der Waals surface area (Å²) < 4.78 is 16.1. The Hall–Kier alpha value is -3.33. The summed E-state index contributed by atoms with van der Waals surface area (Å²) in [7, 11) is 5.79. The summed E-state index contributed by atoms with van der Waals surface area (Å²) in [5.74, 6) is 0.300. The molecule has 2 N–H and O–H groups in total. The molecular weight excluding hydrogens is 385 g/mol. The molecule has 3 rings (SSSR count). The van der Waals surface area contributed by atoms with Crippen LogP contribution in [0.5, 0.6) is 0 Å². The number of amides is 1. The summed E-state index contributed by atoms with van der Waals surface area (Å²) in [6, 6.07) is 7.01. The number of imidazole rings is 1. The largest absolute Gasteiger partial charge is 0.352 e. The predicted molar refractivity (Wildman–Crippen MR) is 114 cm³/mol. The van der Waals surface area contributed by atoms with Crippen molar-refractivity contribution in [1.29, 1.82) is 0 Å². The van der Waals surface area contributed by atoms with Crippen molar-refractivity contribution in [3.63, 3.8) is 0 Å². The van der Waals surface area contributed by atoms with Crippen LogP contribution in [-0.2, 0) is 7.05 Å². The average molecular weight is 411 g/mol. The molecule has 0 fully saturated rings. The van der Waals surface area contributed by atoms with Gasteiger partial charge in [-0.2, -0.15) is 0 Å².